The third kappa shape index (κ3) is 6.09. The van der Waals surface area contributed by atoms with Crippen LogP contribution < -0.4 is 0 Å². The highest BCUT2D eigenvalue weighted by Crippen LogP contribution is 2.32. The lowest BCUT2D eigenvalue weighted by atomic mass is 9.88. The van der Waals surface area contributed by atoms with Gasteiger partial charge in [-0.25, -0.2) is 0 Å². The Labute approximate surface area is 125 Å². The zero-order valence-electron chi connectivity index (χ0n) is 13.5. The first-order valence-corrected chi connectivity index (χ1v) is 8.22. The molecule has 20 heavy (non-hydrogen) atoms. The van der Waals surface area contributed by atoms with Crippen molar-refractivity contribution in [2.24, 2.45) is 5.92 Å². The Morgan fingerprint density at radius 2 is 2.15 bits per heavy atom. The number of hydrogen-bond donors (Lipinski definition) is 0. The van der Waals surface area contributed by atoms with Crippen LogP contribution in [-0.2, 0) is 4.74 Å². The summed E-state index contributed by atoms with van der Waals surface area (Å²) >= 11 is 0. The molecule has 1 fully saturated rings. The Kier molecular flexibility index (Phi) is 8.60. The lowest BCUT2D eigenvalue weighted by molar-refractivity contribution is 0.186. The molecular formula is C19H32O. The smallest absolute Gasteiger partial charge is 0.0683 e. The molecule has 0 aromatic carbocycles. The topological polar surface area (TPSA) is 9.23 Å². The molecule has 0 bridgehead atoms. The molecule has 0 radical (unpaired) electrons. The predicted octanol–water partition coefficient (Wildman–Crippen LogP) is 5.83. The van der Waals surface area contributed by atoms with Crippen molar-refractivity contribution in [2.45, 2.75) is 65.2 Å². The fourth-order valence-electron chi connectivity index (χ4n) is 2.99. The summed E-state index contributed by atoms with van der Waals surface area (Å²) in [5.41, 5.74) is 4.46. The zero-order chi connectivity index (χ0) is 14.8. The van der Waals surface area contributed by atoms with Crippen LogP contribution in [0.1, 0.15) is 65.2 Å². The highest BCUT2D eigenvalue weighted by Gasteiger charge is 2.24. The molecule has 1 atom stereocenters. The molecule has 0 spiro atoms. The molecule has 1 unspecified atom stereocenters. The summed E-state index contributed by atoms with van der Waals surface area (Å²) in [6.45, 7) is 14.1. The van der Waals surface area contributed by atoms with Crippen molar-refractivity contribution in [1.29, 1.82) is 0 Å². The van der Waals surface area contributed by atoms with Crippen molar-refractivity contribution < 1.29 is 4.74 Å². The van der Waals surface area contributed by atoms with Crippen molar-refractivity contribution in [3.8, 4) is 0 Å². The van der Waals surface area contributed by atoms with Gasteiger partial charge in [0.1, 0.15) is 0 Å². The number of allylic oxidation sites excluding steroid dienone is 3. The molecule has 0 N–H and O–H groups in total. The van der Waals surface area contributed by atoms with E-state index < -0.39 is 0 Å². The van der Waals surface area contributed by atoms with E-state index in [1.165, 1.54) is 44.1 Å². The van der Waals surface area contributed by atoms with Gasteiger partial charge in [0.15, 0.2) is 0 Å². The fraction of sp³-hybridized carbons (Fsp3) is 0.684. The lowest BCUT2D eigenvalue weighted by Crippen LogP contribution is -2.05. The zero-order valence-corrected chi connectivity index (χ0v) is 13.5. The second-order valence-corrected chi connectivity index (χ2v) is 6.15. The molecule has 1 saturated heterocycles. The van der Waals surface area contributed by atoms with E-state index in [9.17, 15) is 0 Å². The first kappa shape index (κ1) is 17.2. The summed E-state index contributed by atoms with van der Waals surface area (Å²) in [4.78, 5) is 0. The van der Waals surface area contributed by atoms with Crippen LogP contribution in [0.25, 0.3) is 0 Å². The average molecular weight is 276 g/mol. The average Bonchev–Trinajstić information content (AvgIpc) is 2.87. The first-order chi connectivity index (χ1) is 9.69. The third-order valence-corrected chi connectivity index (χ3v) is 4.09. The van der Waals surface area contributed by atoms with Crippen molar-refractivity contribution in [3.05, 3.63) is 36.0 Å². The molecule has 0 aromatic heterocycles. The predicted molar refractivity (Wildman–Crippen MR) is 89.0 cm³/mol. The van der Waals surface area contributed by atoms with E-state index in [4.69, 9.17) is 4.74 Å². The Bertz CT molecular complexity index is 338. The SMILES string of the molecule is C=CCCC1COC/C1=C(/CCCCCC)CC(=C)C. The van der Waals surface area contributed by atoms with E-state index in [2.05, 4.69) is 27.0 Å². The van der Waals surface area contributed by atoms with Crippen LogP contribution in [0, 0.1) is 5.92 Å². The molecule has 0 amide bonds. The molecule has 1 rings (SSSR count). The molecular weight excluding hydrogens is 244 g/mol. The van der Waals surface area contributed by atoms with Crippen LogP contribution in [0.2, 0.25) is 0 Å². The van der Waals surface area contributed by atoms with Crippen molar-refractivity contribution in [3.63, 3.8) is 0 Å². The van der Waals surface area contributed by atoms with E-state index in [1.54, 1.807) is 11.1 Å². The van der Waals surface area contributed by atoms with Gasteiger partial charge in [-0.15, -0.1) is 6.58 Å². The van der Waals surface area contributed by atoms with Crippen molar-refractivity contribution >= 4 is 0 Å². The van der Waals surface area contributed by atoms with E-state index in [0.717, 1.165) is 26.1 Å². The normalized spacial score (nSPS) is 21.0. The number of hydrogen-bond acceptors (Lipinski definition) is 1. The number of unbranched alkanes of at least 4 members (excludes halogenated alkanes) is 3. The minimum Gasteiger partial charge on any atom is -0.376 e. The molecule has 1 heteroatoms. The summed E-state index contributed by atoms with van der Waals surface area (Å²) in [6.07, 6.45) is 11.9. The quantitative estimate of drug-likeness (QED) is 0.360. The lowest BCUT2D eigenvalue weighted by Gasteiger charge is -2.16. The maximum Gasteiger partial charge on any atom is 0.0683 e. The summed E-state index contributed by atoms with van der Waals surface area (Å²) in [6, 6.07) is 0. The van der Waals surface area contributed by atoms with Crippen LogP contribution in [0.5, 0.6) is 0 Å². The van der Waals surface area contributed by atoms with E-state index >= 15 is 0 Å². The third-order valence-electron chi connectivity index (χ3n) is 4.09. The van der Waals surface area contributed by atoms with Gasteiger partial charge in [0, 0.05) is 5.92 Å². The molecule has 1 aliphatic rings. The van der Waals surface area contributed by atoms with E-state index in [0.29, 0.717) is 5.92 Å². The van der Waals surface area contributed by atoms with Gasteiger partial charge < -0.3 is 4.74 Å². The molecule has 0 aliphatic carbocycles. The van der Waals surface area contributed by atoms with Crippen LogP contribution in [0.15, 0.2) is 36.0 Å². The maximum absolute atomic E-state index is 5.73. The summed E-state index contributed by atoms with van der Waals surface area (Å²) in [5, 5.41) is 0. The summed E-state index contributed by atoms with van der Waals surface area (Å²) in [5.74, 6) is 0.619. The standard InChI is InChI=1S/C19H32O/c1-5-7-9-10-12-17(13-16(3)4)19-15-20-14-18(19)11-8-6-2/h6,18H,2-3,5,7-15H2,1,4H3/b19-17+. The number of rotatable bonds is 10. The highest BCUT2D eigenvalue weighted by atomic mass is 16.5. The van der Waals surface area contributed by atoms with Gasteiger partial charge in [0.2, 0.25) is 0 Å². The molecule has 0 saturated carbocycles. The van der Waals surface area contributed by atoms with Crippen molar-refractivity contribution in [1.82, 2.24) is 0 Å². The molecule has 0 aromatic rings. The van der Waals surface area contributed by atoms with Gasteiger partial charge in [-0.1, -0.05) is 50.0 Å². The molecule has 1 nitrogen and oxygen atoms in total. The second kappa shape index (κ2) is 9.99. The Balaban J connectivity index is 2.68. The summed E-state index contributed by atoms with van der Waals surface area (Å²) < 4.78 is 5.73. The minimum absolute atomic E-state index is 0.619. The molecule has 1 heterocycles. The van der Waals surface area contributed by atoms with E-state index in [1.807, 2.05) is 6.08 Å². The second-order valence-electron chi connectivity index (χ2n) is 6.15. The Hall–Kier alpha value is -0.820. The maximum atomic E-state index is 5.73. The van der Waals surface area contributed by atoms with Crippen LogP contribution in [0.4, 0.5) is 0 Å². The van der Waals surface area contributed by atoms with Gasteiger partial charge in [-0.3, -0.25) is 0 Å². The fourth-order valence-corrected chi connectivity index (χ4v) is 2.99. The first-order valence-electron chi connectivity index (χ1n) is 8.22. The van der Waals surface area contributed by atoms with Crippen molar-refractivity contribution in [2.75, 3.05) is 13.2 Å². The largest absolute Gasteiger partial charge is 0.376 e. The van der Waals surface area contributed by atoms with Crippen LogP contribution >= 0.6 is 0 Å². The Morgan fingerprint density at radius 3 is 2.80 bits per heavy atom. The summed E-state index contributed by atoms with van der Waals surface area (Å²) in [7, 11) is 0. The monoisotopic (exact) mass is 276 g/mol. The van der Waals surface area contributed by atoms with E-state index in [-0.39, 0.29) is 0 Å². The minimum atomic E-state index is 0.619. The number of ether oxygens (including phenoxy) is 1. The van der Waals surface area contributed by atoms with Gasteiger partial charge in [0.05, 0.1) is 13.2 Å². The van der Waals surface area contributed by atoms with Gasteiger partial charge in [-0.05, 0) is 44.6 Å². The molecule has 114 valence electrons. The Morgan fingerprint density at radius 1 is 1.35 bits per heavy atom. The van der Waals surface area contributed by atoms with Gasteiger partial charge in [-0.2, -0.15) is 0 Å². The van der Waals surface area contributed by atoms with Gasteiger partial charge in [0.25, 0.3) is 0 Å². The van der Waals surface area contributed by atoms with Gasteiger partial charge >= 0.3 is 0 Å². The van der Waals surface area contributed by atoms with Crippen LogP contribution in [0.3, 0.4) is 0 Å². The molecule has 1 aliphatic heterocycles. The highest BCUT2D eigenvalue weighted by molar-refractivity contribution is 5.24. The van der Waals surface area contributed by atoms with Crippen LogP contribution in [-0.4, -0.2) is 13.2 Å².